The Balaban J connectivity index is 3.35. The molecule has 1 atom stereocenters. The number of ether oxygens (including phenoxy) is 1. The van der Waals surface area contributed by atoms with Crippen molar-refractivity contribution < 1.29 is 7.80 Å². The second kappa shape index (κ2) is 7.27. The molecule has 0 aromatic heterocycles. The van der Waals surface area contributed by atoms with Gasteiger partial charge in [0.15, 0.2) is 0 Å². The lowest BCUT2D eigenvalue weighted by atomic mass is 10.4. The maximum absolute atomic E-state index is 5.38. The molecule has 0 aromatic carbocycles. The maximum atomic E-state index is 5.38. The quantitative estimate of drug-likeness (QED) is 0.741. The minimum absolute atomic E-state index is 0.156. The summed E-state index contributed by atoms with van der Waals surface area (Å²) in [5, 5.41) is 3.03. The SMILES string of the molecule is CNCC(COC(C)C)OI. The average Bonchev–Trinajstić information content (AvgIpc) is 1.97. The molecule has 0 aromatic rings. The second-order valence-corrected chi connectivity index (χ2v) is 3.16. The van der Waals surface area contributed by atoms with Gasteiger partial charge in [0.05, 0.1) is 12.7 Å². The van der Waals surface area contributed by atoms with Crippen molar-refractivity contribution in [1.29, 1.82) is 0 Å². The summed E-state index contributed by atoms with van der Waals surface area (Å²) in [6.45, 7) is 5.52. The van der Waals surface area contributed by atoms with Crippen LogP contribution in [0, 0.1) is 0 Å². The number of nitrogens with one attached hydrogen (secondary N) is 1. The van der Waals surface area contributed by atoms with Crippen LogP contribution in [0.1, 0.15) is 13.8 Å². The highest BCUT2D eigenvalue weighted by atomic mass is 127. The van der Waals surface area contributed by atoms with Gasteiger partial charge in [0.25, 0.3) is 0 Å². The molecule has 0 aliphatic carbocycles. The van der Waals surface area contributed by atoms with E-state index in [-0.39, 0.29) is 12.2 Å². The first-order valence-electron chi connectivity index (χ1n) is 3.74. The Kier molecular flexibility index (Phi) is 7.67. The Hall–Kier alpha value is 0.610. The predicted octanol–water partition coefficient (Wildman–Crippen LogP) is 1.37. The van der Waals surface area contributed by atoms with E-state index < -0.39 is 0 Å². The second-order valence-electron chi connectivity index (χ2n) is 2.65. The fraction of sp³-hybridized carbons (Fsp3) is 1.00. The van der Waals surface area contributed by atoms with Gasteiger partial charge in [0.1, 0.15) is 29.1 Å². The van der Waals surface area contributed by atoms with Gasteiger partial charge < -0.3 is 13.1 Å². The summed E-state index contributed by atoms with van der Waals surface area (Å²) in [4.78, 5) is 0. The standard InChI is InChI=1S/C7H16INO2/c1-6(2)10-5-7(11-8)4-9-3/h6-7,9H,4-5H2,1-3H3. The highest BCUT2D eigenvalue weighted by Gasteiger charge is 2.07. The molecule has 0 saturated heterocycles. The topological polar surface area (TPSA) is 30.5 Å². The van der Waals surface area contributed by atoms with Gasteiger partial charge >= 0.3 is 0 Å². The van der Waals surface area contributed by atoms with E-state index in [1.807, 2.05) is 43.9 Å². The van der Waals surface area contributed by atoms with Crippen LogP contribution < -0.4 is 5.32 Å². The van der Waals surface area contributed by atoms with Crippen molar-refractivity contribution in [2.75, 3.05) is 20.2 Å². The number of rotatable bonds is 6. The van der Waals surface area contributed by atoms with Crippen LogP contribution in [0.15, 0.2) is 0 Å². The molecule has 68 valence electrons. The third-order valence-electron chi connectivity index (χ3n) is 1.17. The molecule has 0 spiro atoms. The fourth-order valence-corrected chi connectivity index (χ4v) is 0.970. The molecule has 1 unspecified atom stereocenters. The van der Waals surface area contributed by atoms with E-state index in [2.05, 4.69) is 5.32 Å². The van der Waals surface area contributed by atoms with Crippen molar-refractivity contribution in [1.82, 2.24) is 5.32 Å². The normalized spacial score (nSPS) is 13.9. The van der Waals surface area contributed by atoms with Crippen LogP contribution in [-0.4, -0.2) is 32.4 Å². The molecule has 11 heavy (non-hydrogen) atoms. The Labute approximate surface area is 82.5 Å². The van der Waals surface area contributed by atoms with E-state index in [1.165, 1.54) is 0 Å². The van der Waals surface area contributed by atoms with Gasteiger partial charge in [-0.05, 0) is 20.9 Å². The molecule has 1 N–H and O–H groups in total. The summed E-state index contributed by atoms with van der Waals surface area (Å²) in [7, 11) is 1.90. The van der Waals surface area contributed by atoms with Crippen molar-refractivity contribution >= 4 is 23.0 Å². The lowest BCUT2D eigenvalue weighted by Gasteiger charge is -2.15. The summed E-state index contributed by atoms with van der Waals surface area (Å²) in [5.74, 6) is 0. The molecule has 0 radical (unpaired) electrons. The van der Waals surface area contributed by atoms with Crippen LogP contribution >= 0.6 is 23.0 Å². The van der Waals surface area contributed by atoms with E-state index in [0.29, 0.717) is 6.61 Å². The molecule has 0 heterocycles. The predicted molar refractivity (Wildman–Crippen MR) is 53.9 cm³/mol. The summed E-state index contributed by atoms with van der Waals surface area (Å²) in [6, 6.07) is 0. The number of hydrogen-bond donors (Lipinski definition) is 1. The zero-order chi connectivity index (χ0) is 8.69. The zero-order valence-electron chi connectivity index (χ0n) is 7.26. The van der Waals surface area contributed by atoms with E-state index >= 15 is 0 Å². The molecular formula is C7H16INO2. The molecule has 0 saturated carbocycles. The van der Waals surface area contributed by atoms with Gasteiger partial charge in [0.2, 0.25) is 0 Å². The van der Waals surface area contributed by atoms with Gasteiger partial charge in [-0.3, -0.25) is 0 Å². The Morgan fingerprint density at radius 2 is 2.09 bits per heavy atom. The number of halogens is 1. The Morgan fingerprint density at radius 1 is 1.45 bits per heavy atom. The Bertz CT molecular complexity index is 90.5. The third-order valence-corrected chi connectivity index (χ3v) is 1.89. The van der Waals surface area contributed by atoms with Gasteiger partial charge in [-0.15, -0.1) is 0 Å². The van der Waals surface area contributed by atoms with E-state index in [0.717, 1.165) is 6.54 Å². The molecule has 0 fully saturated rings. The summed E-state index contributed by atoms with van der Waals surface area (Å²) in [5.41, 5.74) is 0. The van der Waals surface area contributed by atoms with E-state index in [9.17, 15) is 0 Å². The van der Waals surface area contributed by atoms with Crippen molar-refractivity contribution in [3.8, 4) is 0 Å². The van der Waals surface area contributed by atoms with Crippen LogP contribution in [-0.2, 0) is 7.80 Å². The summed E-state index contributed by atoms with van der Waals surface area (Å²) in [6.07, 6.45) is 0.434. The summed E-state index contributed by atoms with van der Waals surface area (Å²) < 4.78 is 10.5. The Morgan fingerprint density at radius 3 is 2.45 bits per heavy atom. The smallest absolute Gasteiger partial charge is 0.110 e. The molecule has 0 aliphatic heterocycles. The lowest BCUT2D eigenvalue weighted by Crippen LogP contribution is -2.29. The number of likely N-dealkylation sites (N-methyl/N-ethyl adjacent to an activating group) is 1. The van der Waals surface area contributed by atoms with Crippen molar-refractivity contribution in [2.45, 2.75) is 26.1 Å². The molecule has 0 bridgehead atoms. The summed E-state index contributed by atoms with van der Waals surface area (Å²) >= 11 is 1.90. The van der Waals surface area contributed by atoms with Crippen LogP contribution in [0.2, 0.25) is 0 Å². The lowest BCUT2D eigenvalue weighted by molar-refractivity contribution is 0.0314. The fourth-order valence-electron chi connectivity index (χ4n) is 0.644. The van der Waals surface area contributed by atoms with Crippen molar-refractivity contribution in [3.63, 3.8) is 0 Å². The average molecular weight is 273 g/mol. The van der Waals surface area contributed by atoms with Gasteiger partial charge in [0, 0.05) is 6.54 Å². The van der Waals surface area contributed by atoms with Crippen molar-refractivity contribution in [2.24, 2.45) is 0 Å². The number of hydrogen-bond acceptors (Lipinski definition) is 3. The maximum Gasteiger partial charge on any atom is 0.110 e. The molecule has 0 aliphatic rings. The van der Waals surface area contributed by atoms with Crippen LogP contribution in [0.5, 0.6) is 0 Å². The first kappa shape index (κ1) is 11.6. The zero-order valence-corrected chi connectivity index (χ0v) is 9.42. The van der Waals surface area contributed by atoms with E-state index in [1.54, 1.807) is 0 Å². The highest BCUT2D eigenvalue weighted by molar-refractivity contribution is 14.1. The molecule has 0 amide bonds. The molecule has 4 heteroatoms. The van der Waals surface area contributed by atoms with Crippen molar-refractivity contribution in [3.05, 3.63) is 0 Å². The van der Waals surface area contributed by atoms with Gasteiger partial charge in [-0.2, -0.15) is 0 Å². The largest absolute Gasteiger partial charge is 0.376 e. The van der Waals surface area contributed by atoms with Gasteiger partial charge in [-0.1, -0.05) is 0 Å². The molecule has 0 rings (SSSR count). The highest BCUT2D eigenvalue weighted by Crippen LogP contribution is 2.00. The monoisotopic (exact) mass is 273 g/mol. The minimum Gasteiger partial charge on any atom is -0.376 e. The van der Waals surface area contributed by atoms with Gasteiger partial charge in [-0.25, -0.2) is 0 Å². The van der Waals surface area contributed by atoms with Crippen LogP contribution in [0.3, 0.4) is 0 Å². The molecule has 3 nitrogen and oxygen atoms in total. The minimum atomic E-state index is 0.156. The van der Waals surface area contributed by atoms with Crippen LogP contribution in [0.25, 0.3) is 0 Å². The first-order valence-corrected chi connectivity index (χ1v) is 4.62. The van der Waals surface area contributed by atoms with E-state index in [4.69, 9.17) is 7.80 Å². The molecular weight excluding hydrogens is 257 g/mol. The third kappa shape index (κ3) is 6.99. The van der Waals surface area contributed by atoms with Crippen LogP contribution in [0.4, 0.5) is 0 Å². The first-order chi connectivity index (χ1) is 5.20.